The molecule has 21 heavy (non-hydrogen) atoms. The molecule has 0 unspecified atom stereocenters. The topological polar surface area (TPSA) is 24.5 Å². The Morgan fingerprint density at radius 2 is 1.86 bits per heavy atom. The highest BCUT2D eigenvalue weighted by Gasteiger charge is 2.10. The molecule has 0 fully saturated rings. The quantitative estimate of drug-likeness (QED) is 0.795. The van der Waals surface area contributed by atoms with E-state index in [1.807, 2.05) is 6.07 Å². The van der Waals surface area contributed by atoms with Crippen LogP contribution in [0.15, 0.2) is 18.2 Å². The number of nitrogens with zero attached hydrogens (tertiary/aromatic N) is 1. The second kappa shape index (κ2) is 8.35. The number of hydrogen-bond donors (Lipinski definition) is 1. The van der Waals surface area contributed by atoms with Gasteiger partial charge in [0.2, 0.25) is 0 Å². The molecule has 0 heterocycles. The molecular weight excluding hydrogens is 267 g/mol. The molecule has 3 nitrogen and oxygen atoms in total. The van der Waals surface area contributed by atoms with Gasteiger partial charge in [0.25, 0.3) is 0 Å². The maximum atomic E-state index is 14.0. The molecule has 120 valence electrons. The molecule has 0 aliphatic carbocycles. The molecule has 1 rings (SSSR count). The van der Waals surface area contributed by atoms with Gasteiger partial charge < -0.3 is 15.0 Å². The second-order valence-corrected chi connectivity index (χ2v) is 6.24. The molecule has 0 aliphatic rings. The molecule has 0 amide bonds. The predicted molar refractivity (Wildman–Crippen MR) is 86.3 cm³/mol. The van der Waals surface area contributed by atoms with E-state index in [0.29, 0.717) is 18.9 Å². The molecule has 0 radical (unpaired) electrons. The van der Waals surface area contributed by atoms with Gasteiger partial charge >= 0.3 is 0 Å². The van der Waals surface area contributed by atoms with Crippen molar-refractivity contribution in [2.45, 2.75) is 46.7 Å². The number of halogens is 1. The maximum Gasteiger partial charge on any atom is 0.165 e. The van der Waals surface area contributed by atoms with Crippen LogP contribution in [0.1, 0.15) is 40.2 Å². The first-order chi connectivity index (χ1) is 9.85. The molecule has 4 heteroatoms. The summed E-state index contributed by atoms with van der Waals surface area (Å²) in [6, 6.07) is 5.18. The van der Waals surface area contributed by atoms with Gasteiger partial charge in [-0.25, -0.2) is 4.39 Å². The molecular formula is C17H29FN2O. The highest BCUT2D eigenvalue weighted by Crippen LogP contribution is 2.18. The molecule has 1 aromatic carbocycles. The lowest BCUT2D eigenvalue weighted by atomic mass is 10.1. The molecule has 1 N–H and O–H groups in total. The Bertz CT molecular complexity index is 425. The van der Waals surface area contributed by atoms with E-state index in [1.165, 1.54) is 0 Å². The molecule has 0 atom stereocenters. The Labute approximate surface area is 128 Å². The summed E-state index contributed by atoms with van der Waals surface area (Å²) in [5.41, 5.74) is 0.952. The van der Waals surface area contributed by atoms with Gasteiger partial charge in [-0.3, -0.25) is 0 Å². The van der Waals surface area contributed by atoms with Gasteiger partial charge in [0, 0.05) is 18.6 Å². The van der Waals surface area contributed by atoms with Crippen LogP contribution in [-0.2, 0) is 6.54 Å². The summed E-state index contributed by atoms with van der Waals surface area (Å²) in [4.78, 5) is 2.25. The van der Waals surface area contributed by atoms with Crippen molar-refractivity contribution in [2.75, 3.05) is 26.2 Å². The van der Waals surface area contributed by atoms with Crippen molar-refractivity contribution in [3.05, 3.63) is 29.6 Å². The first-order valence-electron chi connectivity index (χ1n) is 7.74. The van der Waals surface area contributed by atoms with Crippen molar-refractivity contribution in [1.29, 1.82) is 0 Å². The Balaban J connectivity index is 2.50. The van der Waals surface area contributed by atoms with E-state index in [4.69, 9.17) is 4.74 Å². The minimum atomic E-state index is -0.289. The monoisotopic (exact) mass is 296 g/mol. The number of hydrogen-bond acceptors (Lipinski definition) is 3. The molecule has 1 aromatic rings. The van der Waals surface area contributed by atoms with E-state index in [9.17, 15) is 4.39 Å². The summed E-state index contributed by atoms with van der Waals surface area (Å²) < 4.78 is 19.5. The van der Waals surface area contributed by atoms with Crippen LogP contribution in [0.25, 0.3) is 0 Å². The van der Waals surface area contributed by atoms with Gasteiger partial charge in [-0.15, -0.1) is 0 Å². The van der Waals surface area contributed by atoms with Crippen molar-refractivity contribution in [1.82, 2.24) is 10.2 Å². The third-order valence-electron chi connectivity index (χ3n) is 3.38. The number of rotatable bonds is 8. The van der Waals surface area contributed by atoms with Crippen LogP contribution in [0.5, 0.6) is 5.75 Å². The Hall–Kier alpha value is -1.13. The zero-order valence-electron chi connectivity index (χ0n) is 14.0. The Morgan fingerprint density at radius 3 is 2.38 bits per heavy atom. The van der Waals surface area contributed by atoms with Crippen LogP contribution >= 0.6 is 0 Å². The SMILES string of the molecule is CCN(CC)CCOc1ccc(CNC(C)(C)C)cc1F. The first kappa shape index (κ1) is 17.9. The van der Waals surface area contributed by atoms with Crippen LogP contribution in [0.3, 0.4) is 0 Å². The van der Waals surface area contributed by atoms with Crippen molar-refractivity contribution in [2.24, 2.45) is 0 Å². The highest BCUT2D eigenvalue weighted by molar-refractivity contribution is 5.29. The predicted octanol–water partition coefficient (Wildman–Crippen LogP) is 3.43. The smallest absolute Gasteiger partial charge is 0.165 e. The largest absolute Gasteiger partial charge is 0.489 e. The number of likely N-dealkylation sites (N-methyl/N-ethyl adjacent to an activating group) is 1. The third kappa shape index (κ3) is 6.91. The lowest BCUT2D eigenvalue weighted by molar-refractivity contribution is 0.217. The van der Waals surface area contributed by atoms with Crippen molar-refractivity contribution in [3.63, 3.8) is 0 Å². The molecule has 0 bridgehead atoms. The lowest BCUT2D eigenvalue weighted by Crippen LogP contribution is -2.35. The zero-order valence-corrected chi connectivity index (χ0v) is 14.0. The third-order valence-corrected chi connectivity index (χ3v) is 3.38. The summed E-state index contributed by atoms with van der Waals surface area (Å²) in [7, 11) is 0. The average Bonchev–Trinajstić information content (AvgIpc) is 2.42. The van der Waals surface area contributed by atoms with E-state index in [1.54, 1.807) is 12.1 Å². The highest BCUT2D eigenvalue weighted by atomic mass is 19.1. The van der Waals surface area contributed by atoms with Crippen LogP contribution in [0.2, 0.25) is 0 Å². The van der Waals surface area contributed by atoms with Crippen molar-refractivity contribution >= 4 is 0 Å². The van der Waals surface area contributed by atoms with E-state index in [-0.39, 0.29) is 11.4 Å². The fraction of sp³-hybridized carbons (Fsp3) is 0.647. The Kier molecular flexibility index (Phi) is 7.12. The van der Waals surface area contributed by atoms with Gasteiger partial charge in [-0.05, 0) is 51.6 Å². The van der Waals surface area contributed by atoms with Crippen LogP contribution in [0, 0.1) is 5.82 Å². The normalized spacial score (nSPS) is 12.0. The fourth-order valence-corrected chi connectivity index (χ4v) is 1.96. The summed E-state index contributed by atoms with van der Waals surface area (Å²) in [6.45, 7) is 14.5. The van der Waals surface area contributed by atoms with E-state index < -0.39 is 0 Å². The standard InChI is InChI=1S/C17H29FN2O/c1-6-20(7-2)10-11-21-16-9-8-14(12-15(16)18)13-19-17(3,4)5/h8-9,12,19H,6-7,10-11,13H2,1-5H3. The van der Waals surface area contributed by atoms with Crippen LogP contribution < -0.4 is 10.1 Å². The molecule has 0 aromatic heterocycles. The summed E-state index contributed by atoms with van der Waals surface area (Å²) >= 11 is 0. The van der Waals surface area contributed by atoms with E-state index >= 15 is 0 Å². The lowest BCUT2D eigenvalue weighted by Gasteiger charge is -2.21. The van der Waals surface area contributed by atoms with Gasteiger partial charge in [-0.2, -0.15) is 0 Å². The molecule has 0 saturated heterocycles. The summed E-state index contributed by atoms with van der Waals surface area (Å²) in [5, 5.41) is 3.34. The minimum Gasteiger partial charge on any atom is -0.489 e. The maximum absolute atomic E-state index is 14.0. The molecule has 0 aliphatic heterocycles. The van der Waals surface area contributed by atoms with E-state index in [2.05, 4.69) is 44.8 Å². The first-order valence-corrected chi connectivity index (χ1v) is 7.74. The minimum absolute atomic E-state index is 0.0232. The van der Waals surface area contributed by atoms with Crippen LogP contribution in [-0.4, -0.2) is 36.7 Å². The molecule has 0 spiro atoms. The second-order valence-electron chi connectivity index (χ2n) is 6.24. The van der Waals surface area contributed by atoms with Crippen LogP contribution in [0.4, 0.5) is 4.39 Å². The zero-order chi connectivity index (χ0) is 15.9. The van der Waals surface area contributed by atoms with Gasteiger partial charge in [0.05, 0.1) is 0 Å². The van der Waals surface area contributed by atoms with Gasteiger partial charge in [0.1, 0.15) is 6.61 Å². The number of benzene rings is 1. The molecule has 0 saturated carbocycles. The number of nitrogens with one attached hydrogen (secondary N) is 1. The van der Waals surface area contributed by atoms with Gasteiger partial charge in [0.15, 0.2) is 11.6 Å². The van der Waals surface area contributed by atoms with Crippen molar-refractivity contribution < 1.29 is 9.13 Å². The Morgan fingerprint density at radius 1 is 1.19 bits per heavy atom. The average molecular weight is 296 g/mol. The fourth-order valence-electron chi connectivity index (χ4n) is 1.96. The van der Waals surface area contributed by atoms with Crippen molar-refractivity contribution in [3.8, 4) is 5.75 Å². The summed E-state index contributed by atoms with van der Waals surface area (Å²) in [5.74, 6) is 0.0458. The summed E-state index contributed by atoms with van der Waals surface area (Å²) in [6.07, 6.45) is 0. The van der Waals surface area contributed by atoms with Gasteiger partial charge in [-0.1, -0.05) is 19.9 Å². The number of ether oxygens (including phenoxy) is 1. The van der Waals surface area contributed by atoms with E-state index in [0.717, 1.165) is 25.2 Å².